The summed E-state index contributed by atoms with van der Waals surface area (Å²) in [5.74, 6) is -0.764. The largest absolute Gasteiger partial charge is 0.480 e. The minimum absolute atomic E-state index is 0.00581. The monoisotopic (exact) mass is 456 g/mol. The van der Waals surface area contributed by atoms with Crippen LogP contribution in [0.1, 0.15) is 30.4 Å². The Labute approximate surface area is 192 Å². The van der Waals surface area contributed by atoms with Gasteiger partial charge in [-0.3, -0.25) is 9.59 Å². The number of alkyl carbamates (subject to hydrolysis) is 1. The number of benzene rings is 2. The summed E-state index contributed by atoms with van der Waals surface area (Å²) in [4.78, 5) is 37.2. The zero-order chi connectivity index (χ0) is 23.1. The molecule has 3 rings (SSSR count). The normalized spacial score (nSPS) is 13.1. The second kappa shape index (κ2) is 11.0. The molecule has 1 unspecified atom stereocenters. The number of hydrogen-bond acceptors (Lipinski definition) is 5. The van der Waals surface area contributed by atoms with Crippen molar-refractivity contribution in [2.24, 2.45) is 0 Å². The fourth-order valence-corrected chi connectivity index (χ4v) is 4.34. The maximum atomic E-state index is 12.5. The molecule has 0 fully saturated rings. The van der Waals surface area contributed by atoms with Crippen LogP contribution in [0.5, 0.6) is 0 Å². The number of carbonyl (C=O) groups is 3. The summed E-state index contributed by atoms with van der Waals surface area (Å²) in [5, 5.41) is 11.7. The van der Waals surface area contributed by atoms with Crippen molar-refractivity contribution in [1.82, 2.24) is 10.2 Å². The van der Waals surface area contributed by atoms with Gasteiger partial charge in [-0.05, 0) is 35.4 Å². The van der Waals surface area contributed by atoms with Gasteiger partial charge in [0.05, 0.1) is 0 Å². The number of carboxylic acids is 1. The molecule has 2 aromatic carbocycles. The Morgan fingerprint density at radius 1 is 1.09 bits per heavy atom. The molecule has 32 heavy (non-hydrogen) atoms. The van der Waals surface area contributed by atoms with Gasteiger partial charge in [0.2, 0.25) is 5.91 Å². The zero-order valence-electron chi connectivity index (χ0n) is 18.2. The van der Waals surface area contributed by atoms with Gasteiger partial charge in [0.1, 0.15) is 13.2 Å². The first kappa shape index (κ1) is 23.7. The lowest BCUT2D eigenvalue weighted by atomic mass is 9.98. The predicted molar refractivity (Wildman–Crippen MR) is 125 cm³/mol. The molecular weight excluding hydrogens is 428 g/mol. The van der Waals surface area contributed by atoms with Crippen molar-refractivity contribution in [3.63, 3.8) is 0 Å². The van der Waals surface area contributed by atoms with Crippen molar-refractivity contribution in [1.29, 1.82) is 0 Å². The lowest BCUT2D eigenvalue weighted by molar-refractivity contribution is -0.144. The number of hydrogen-bond donors (Lipinski definition) is 2. The van der Waals surface area contributed by atoms with E-state index in [0.717, 1.165) is 22.3 Å². The summed E-state index contributed by atoms with van der Waals surface area (Å²) >= 11 is 1.54. The third-order valence-corrected chi connectivity index (χ3v) is 6.02. The van der Waals surface area contributed by atoms with Gasteiger partial charge in [-0.15, -0.1) is 0 Å². The van der Waals surface area contributed by atoms with Gasteiger partial charge in [-0.25, -0.2) is 4.79 Å². The lowest BCUT2D eigenvalue weighted by Crippen LogP contribution is -2.42. The van der Waals surface area contributed by atoms with Gasteiger partial charge >= 0.3 is 12.1 Å². The van der Waals surface area contributed by atoms with Crippen LogP contribution in [0.15, 0.2) is 48.5 Å². The maximum absolute atomic E-state index is 12.5. The average Bonchev–Trinajstić information content (AvgIpc) is 3.08. The van der Waals surface area contributed by atoms with Gasteiger partial charge in [0, 0.05) is 30.7 Å². The molecule has 1 aliphatic carbocycles. The van der Waals surface area contributed by atoms with Gasteiger partial charge in [0.25, 0.3) is 0 Å². The summed E-state index contributed by atoms with van der Waals surface area (Å²) in [7, 11) is 0. The highest BCUT2D eigenvalue weighted by Crippen LogP contribution is 2.44. The fraction of sp³-hybridized carbons (Fsp3) is 0.375. The van der Waals surface area contributed by atoms with Crippen LogP contribution in [0.2, 0.25) is 0 Å². The molecular formula is C24H28N2O5S. The Balaban J connectivity index is 1.55. The van der Waals surface area contributed by atoms with Crippen LogP contribution < -0.4 is 5.32 Å². The Hall–Kier alpha value is -3.00. The summed E-state index contributed by atoms with van der Waals surface area (Å²) in [5.41, 5.74) is 4.56. The second-order valence-corrected chi connectivity index (χ2v) is 8.76. The summed E-state index contributed by atoms with van der Waals surface area (Å²) in [6.45, 7) is 1.90. The van der Waals surface area contributed by atoms with Crippen molar-refractivity contribution in [2.75, 3.05) is 31.7 Å². The molecule has 0 heterocycles. The number of thioether (sulfide) groups is 1. The van der Waals surface area contributed by atoms with Crippen molar-refractivity contribution in [3.05, 3.63) is 59.7 Å². The molecule has 1 atom stereocenters. The number of ether oxygens (including phenoxy) is 1. The second-order valence-electron chi connectivity index (χ2n) is 7.78. The van der Waals surface area contributed by atoms with E-state index in [1.807, 2.05) is 42.7 Å². The number of fused-ring (bicyclic) bond motifs is 3. The van der Waals surface area contributed by atoms with E-state index < -0.39 is 18.1 Å². The van der Waals surface area contributed by atoms with E-state index >= 15 is 0 Å². The summed E-state index contributed by atoms with van der Waals surface area (Å²) < 4.78 is 5.51. The number of carboxylic acid groups (broad SMARTS) is 1. The number of nitrogens with one attached hydrogen (secondary N) is 1. The van der Waals surface area contributed by atoms with Crippen LogP contribution in [-0.4, -0.2) is 65.7 Å². The molecule has 0 saturated carbocycles. The number of aliphatic carboxylic acids is 1. The van der Waals surface area contributed by atoms with Crippen LogP contribution in [0.25, 0.3) is 11.1 Å². The molecule has 2 amide bonds. The highest BCUT2D eigenvalue weighted by molar-refractivity contribution is 7.98. The lowest BCUT2D eigenvalue weighted by Gasteiger charge is -2.23. The molecule has 2 aromatic rings. The minimum atomic E-state index is -1.06. The molecule has 0 bridgehead atoms. The number of rotatable bonds is 10. The highest BCUT2D eigenvalue weighted by atomic mass is 32.2. The number of nitrogens with zero attached hydrogens (tertiary/aromatic N) is 1. The smallest absolute Gasteiger partial charge is 0.407 e. The van der Waals surface area contributed by atoms with Crippen LogP contribution in [-0.2, 0) is 14.3 Å². The molecule has 0 spiro atoms. The molecule has 0 saturated heterocycles. The van der Waals surface area contributed by atoms with E-state index in [1.165, 1.54) is 16.7 Å². The third kappa shape index (κ3) is 5.82. The highest BCUT2D eigenvalue weighted by Gasteiger charge is 2.29. The van der Waals surface area contributed by atoms with Crippen LogP contribution in [0.4, 0.5) is 4.79 Å². The molecule has 170 valence electrons. The quantitative estimate of drug-likeness (QED) is 0.567. The van der Waals surface area contributed by atoms with E-state index in [9.17, 15) is 14.4 Å². The van der Waals surface area contributed by atoms with Crippen LogP contribution in [0, 0.1) is 0 Å². The molecule has 0 radical (unpaired) electrons. The first-order chi connectivity index (χ1) is 15.4. The average molecular weight is 457 g/mol. The molecule has 8 heteroatoms. The van der Waals surface area contributed by atoms with E-state index in [0.29, 0.717) is 12.3 Å². The van der Waals surface area contributed by atoms with E-state index in [1.54, 1.807) is 6.92 Å². The van der Waals surface area contributed by atoms with Crippen LogP contribution >= 0.6 is 11.8 Å². The van der Waals surface area contributed by atoms with Crippen molar-refractivity contribution >= 4 is 29.7 Å². The van der Waals surface area contributed by atoms with Gasteiger partial charge in [-0.2, -0.15) is 11.8 Å². The third-order valence-electron chi connectivity index (χ3n) is 5.43. The molecule has 7 nitrogen and oxygen atoms in total. The zero-order valence-corrected chi connectivity index (χ0v) is 19.1. The Morgan fingerprint density at radius 2 is 1.69 bits per heavy atom. The molecule has 2 N–H and O–H groups in total. The molecule has 0 aromatic heterocycles. The minimum Gasteiger partial charge on any atom is -0.480 e. The Kier molecular flexibility index (Phi) is 8.16. The number of amides is 2. The fourth-order valence-electron chi connectivity index (χ4n) is 3.94. The van der Waals surface area contributed by atoms with E-state index in [-0.39, 0.29) is 31.4 Å². The Bertz CT molecular complexity index is 935. The molecule has 1 aliphatic rings. The van der Waals surface area contributed by atoms with Crippen LogP contribution in [0.3, 0.4) is 0 Å². The Morgan fingerprint density at radius 3 is 2.25 bits per heavy atom. The summed E-state index contributed by atoms with van der Waals surface area (Å²) in [6.07, 6.45) is 1.30. The first-order valence-electron chi connectivity index (χ1n) is 10.5. The van der Waals surface area contributed by atoms with Gasteiger partial charge in [0.15, 0.2) is 0 Å². The predicted octanol–water partition coefficient (Wildman–Crippen LogP) is 3.58. The standard InChI is InChI=1S/C24H28N2O5S/c1-16(13-22(27)26(11-12-32-2)14-23(28)29)25-24(30)31-15-21-19-9-5-3-7-17(19)18-8-4-6-10-20(18)21/h3-10,16,21H,11-15H2,1-2H3,(H,25,30)(H,28,29). The maximum Gasteiger partial charge on any atom is 0.407 e. The van der Waals surface area contributed by atoms with Gasteiger partial charge in [-0.1, -0.05) is 48.5 Å². The van der Waals surface area contributed by atoms with Crippen molar-refractivity contribution < 1.29 is 24.2 Å². The van der Waals surface area contributed by atoms with E-state index in [4.69, 9.17) is 9.84 Å². The number of carbonyl (C=O) groups excluding carboxylic acids is 2. The van der Waals surface area contributed by atoms with Gasteiger partial charge < -0.3 is 20.1 Å². The van der Waals surface area contributed by atoms with Crippen molar-refractivity contribution in [3.8, 4) is 11.1 Å². The molecule has 0 aliphatic heterocycles. The van der Waals surface area contributed by atoms with Crippen molar-refractivity contribution in [2.45, 2.75) is 25.3 Å². The summed E-state index contributed by atoms with van der Waals surface area (Å²) in [6, 6.07) is 15.7. The first-order valence-corrected chi connectivity index (χ1v) is 11.9. The topological polar surface area (TPSA) is 95.9 Å². The SMILES string of the molecule is CSCCN(CC(=O)O)C(=O)CC(C)NC(=O)OCC1c2ccccc2-c2ccccc21. The van der Waals surface area contributed by atoms with E-state index in [2.05, 4.69) is 17.4 Å².